The first kappa shape index (κ1) is 9.59. The third-order valence-corrected chi connectivity index (χ3v) is 2.56. The predicted molar refractivity (Wildman–Crippen MR) is 53.0 cm³/mol. The third-order valence-electron chi connectivity index (χ3n) is 2.26. The summed E-state index contributed by atoms with van der Waals surface area (Å²) in [5.41, 5.74) is 0. The van der Waals surface area contributed by atoms with Crippen LogP contribution in [0.1, 0.15) is 0 Å². The number of alkyl halides is 2. The molecule has 0 amide bonds. The summed E-state index contributed by atoms with van der Waals surface area (Å²) in [7, 11) is 0. The van der Waals surface area contributed by atoms with Crippen LogP contribution in [0.2, 0.25) is 5.15 Å². The maximum atomic E-state index is 12.9. The van der Waals surface area contributed by atoms with Gasteiger partial charge in [0.05, 0.1) is 0 Å². The highest BCUT2D eigenvalue weighted by Gasteiger charge is 2.44. The molecule has 2 aromatic rings. The molecule has 6 heteroatoms. The second kappa shape index (κ2) is 2.95. The minimum atomic E-state index is -3.62. The topological polar surface area (TPSA) is 31.4 Å². The summed E-state index contributed by atoms with van der Waals surface area (Å²) in [5.74, 6) is -0.00781. The Bertz CT molecular complexity index is 588. The highest BCUT2D eigenvalue weighted by Crippen LogP contribution is 2.46. The van der Waals surface area contributed by atoms with Crippen LogP contribution in [0.25, 0.3) is 10.8 Å². The van der Waals surface area contributed by atoms with Gasteiger partial charge in [-0.2, -0.15) is 0 Å². The number of nitrogens with zero attached hydrogens (tertiary/aromatic N) is 1. The van der Waals surface area contributed by atoms with Gasteiger partial charge < -0.3 is 9.47 Å². The summed E-state index contributed by atoms with van der Waals surface area (Å²) in [6.07, 6.45) is -2.20. The number of rotatable bonds is 0. The average Bonchev–Trinajstić information content (AvgIpc) is 2.53. The molecule has 0 saturated carbocycles. The van der Waals surface area contributed by atoms with Crippen molar-refractivity contribution in [3.63, 3.8) is 0 Å². The summed E-state index contributed by atoms with van der Waals surface area (Å²) < 4.78 is 34.5. The first-order valence-corrected chi connectivity index (χ1v) is 4.78. The van der Waals surface area contributed by atoms with Gasteiger partial charge in [-0.3, -0.25) is 0 Å². The SMILES string of the molecule is FC1(F)Oc2ccc3c(Cl)nccc3c2O1. The van der Waals surface area contributed by atoms with Gasteiger partial charge in [0.2, 0.25) is 0 Å². The number of hydrogen-bond donors (Lipinski definition) is 0. The van der Waals surface area contributed by atoms with Crippen molar-refractivity contribution >= 4 is 22.4 Å². The van der Waals surface area contributed by atoms with Gasteiger partial charge in [0, 0.05) is 17.0 Å². The third kappa shape index (κ3) is 1.28. The van der Waals surface area contributed by atoms with Crippen LogP contribution >= 0.6 is 11.6 Å². The van der Waals surface area contributed by atoms with Crippen molar-refractivity contribution in [1.82, 2.24) is 4.98 Å². The molecular formula is C10H4ClF2NO2. The van der Waals surface area contributed by atoms with Crippen molar-refractivity contribution < 1.29 is 18.3 Å². The van der Waals surface area contributed by atoms with Crippen LogP contribution in [0.4, 0.5) is 8.78 Å². The molecule has 0 bridgehead atoms. The molecule has 0 aliphatic carbocycles. The molecule has 0 radical (unpaired) electrons. The Kier molecular flexibility index (Phi) is 1.77. The van der Waals surface area contributed by atoms with E-state index in [-0.39, 0.29) is 16.7 Å². The highest BCUT2D eigenvalue weighted by atomic mass is 35.5. The van der Waals surface area contributed by atoms with Crippen LogP contribution in [0.5, 0.6) is 11.5 Å². The molecule has 82 valence electrons. The van der Waals surface area contributed by atoms with E-state index >= 15 is 0 Å². The second-order valence-electron chi connectivity index (χ2n) is 3.26. The summed E-state index contributed by atoms with van der Waals surface area (Å²) in [5, 5.41) is 1.23. The number of halogens is 3. The Morgan fingerprint density at radius 2 is 1.94 bits per heavy atom. The number of benzene rings is 1. The van der Waals surface area contributed by atoms with E-state index in [0.717, 1.165) is 0 Å². The zero-order valence-electron chi connectivity index (χ0n) is 7.71. The monoisotopic (exact) mass is 243 g/mol. The number of hydrogen-bond acceptors (Lipinski definition) is 3. The quantitative estimate of drug-likeness (QED) is 0.666. The zero-order chi connectivity index (χ0) is 11.3. The minimum Gasteiger partial charge on any atom is -0.395 e. The van der Waals surface area contributed by atoms with Gasteiger partial charge in [-0.05, 0) is 18.2 Å². The van der Waals surface area contributed by atoms with E-state index in [1.165, 1.54) is 12.3 Å². The van der Waals surface area contributed by atoms with Crippen LogP contribution in [0.3, 0.4) is 0 Å². The fourth-order valence-electron chi connectivity index (χ4n) is 1.62. The van der Waals surface area contributed by atoms with Crippen molar-refractivity contribution in [3.8, 4) is 11.5 Å². The van der Waals surface area contributed by atoms with Gasteiger partial charge in [0.15, 0.2) is 11.5 Å². The van der Waals surface area contributed by atoms with E-state index in [1.54, 1.807) is 12.1 Å². The lowest BCUT2D eigenvalue weighted by Crippen LogP contribution is -2.26. The molecule has 0 spiro atoms. The molecule has 16 heavy (non-hydrogen) atoms. The normalized spacial score (nSPS) is 16.7. The summed E-state index contributed by atoms with van der Waals surface area (Å²) in [4.78, 5) is 3.85. The Balaban J connectivity index is 2.32. The fraction of sp³-hybridized carbons (Fsp3) is 0.100. The van der Waals surface area contributed by atoms with Gasteiger partial charge in [-0.1, -0.05) is 11.6 Å². The molecule has 1 aliphatic heterocycles. The number of pyridine rings is 1. The van der Waals surface area contributed by atoms with Gasteiger partial charge in [-0.25, -0.2) is 4.98 Å². The Morgan fingerprint density at radius 1 is 1.12 bits per heavy atom. The molecule has 0 atom stereocenters. The molecule has 1 aromatic heterocycles. The Hall–Kier alpha value is -1.62. The van der Waals surface area contributed by atoms with Gasteiger partial charge >= 0.3 is 6.29 Å². The van der Waals surface area contributed by atoms with Crippen molar-refractivity contribution in [2.24, 2.45) is 0 Å². The van der Waals surface area contributed by atoms with Crippen LogP contribution in [-0.4, -0.2) is 11.3 Å². The van der Waals surface area contributed by atoms with Crippen LogP contribution in [-0.2, 0) is 0 Å². The molecule has 0 saturated heterocycles. The summed E-state index contributed by atoms with van der Waals surface area (Å²) in [6, 6.07) is 4.49. The first-order valence-electron chi connectivity index (χ1n) is 4.40. The van der Waals surface area contributed by atoms with Gasteiger partial charge in [-0.15, -0.1) is 8.78 Å². The molecule has 1 aromatic carbocycles. The fourth-order valence-corrected chi connectivity index (χ4v) is 1.85. The van der Waals surface area contributed by atoms with Gasteiger partial charge in [0.25, 0.3) is 0 Å². The van der Waals surface area contributed by atoms with Crippen LogP contribution in [0, 0.1) is 0 Å². The van der Waals surface area contributed by atoms with Crippen molar-refractivity contribution in [1.29, 1.82) is 0 Å². The standard InChI is InChI=1S/C10H4ClF2NO2/c11-9-6-1-2-7-8(5(6)3-4-14-9)16-10(12,13)15-7/h1-4H. The lowest BCUT2D eigenvalue weighted by molar-refractivity contribution is -0.286. The highest BCUT2D eigenvalue weighted by molar-refractivity contribution is 6.34. The maximum Gasteiger partial charge on any atom is 0.586 e. The van der Waals surface area contributed by atoms with Gasteiger partial charge in [0.1, 0.15) is 5.15 Å². The molecule has 3 nitrogen and oxygen atoms in total. The largest absolute Gasteiger partial charge is 0.586 e. The van der Waals surface area contributed by atoms with E-state index in [2.05, 4.69) is 14.5 Å². The van der Waals surface area contributed by atoms with E-state index in [9.17, 15) is 8.78 Å². The van der Waals surface area contributed by atoms with Crippen LogP contribution < -0.4 is 9.47 Å². The second-order valence-corrected chi connectivity index (χ2v) is 3.62. The van der Waals surface area contributed by atoms with E-state index in [1.807, 2.05) is 0 Å². The number of fused-ring (bicyclic) bond motifs is 3. The molecule has 1 aliphatic rings. The summed E-state index contributed by atoms with van der Waals surface area (Å²) >= 11 is 5.83. The molecule has 0 unspecified atom stereocenters. The summed E-state index contributed by atoms with van der Waals surface area (Å²) in [6.45, 7) is 0. The van der Waals surface area contributed by atoms with Crippen LogP contribution in [0.15, 0.2) is 24.4 Å². The van der Waals surface area contributed by atoms with Crippen molar-refractivity contribution in [2.75, 3.05) is 0 Å². The molecule has 2 heterocycles. The Labute approximate surface area is 93.6 Å². The zero-order valence-corrected chi connectivity index (χ0v) is 8.46. The first-order chi connectivity index (χ1) is 7.57. The maximum absolute atomic E-state index is 12.9. The Morgan fingerprint density at radius 3 is 2.75 bits per heavy atom. The van der Waals surface area contributed by atoms with E-state index in [0.29, 0.717) is 10.8 Å². The van der Waals surface area contributed by atoms with Crippen molar-refractivity contribution in [2.45, 2.75) is 6.29 Å². The molecular weight excluding hydrogens is 240 g/mol. The smallest absolute Gasteiger partial charge is 0.395 e. The number of aromatic nitrogens is 1. The molecule has 0 N–H and O–H groups in total. The predicted octanol–water partition coefficient (Wildman–Crippen LogP) is 3.21. The van der Waals surface area contributed by atoms with Crippen molar-refractivity contribution in [3.05, 3.63) is 29.5 Å². The molecule has 0 fully saturated rings. The molecule has 3 rings (SSSR count). The lowest BCUT2D eigenvalue weighted by atomic mass is 10.1. The number of ether oxygens (including phenoxy) is 2. The van der Waals surface area contributed by atoms with E-state index in [4.69, 9.17) is 11.6 Å². The minimum absolute atomic E-state index is 0.000216. The average molecular weight is 244 g/mol. The lowest BCUT2D eigenvalue weighted by Gasteiger charge is -2.05. The van der Waals surface area contributed by atoms with E-state index < -0.39 is 6.29 Å².